The Labute approximate surface area is 81.1 Å². The van der Waals surface area contributed by atoms with Crippen LogP contribution in [0.15, 0.2) is 30.3 Å². The van der Waals surface area contributed by atoms with Gasteiger partial charge < -0.3 is 14.6 Å². The summed E-state index contributed by atoms with van der Waals surface area (Å²) in [5.74, 6) is -0.521. The average molecular weight is 194 g/mol. The molecule has 1 unspecified atom stereocenters. The Morgan fingerprint density at radius 2 is 2.07 bits per heavy atom. The minimum absolute atomic E-state index is 0.136. The van der Waals surface area contributed by atoms with Crippen molar-refractivity contribution in [3.05, 3.63) is 35.9 Å². The maximum atomic E-state index is 10.6. The molecule has 0 aromatic heterocycles. The van der Waals surface area contributed by atoms with Crippen molar-refractivity contribution in [2.24, 2.45) is 0 Å². The molecule has 1 N–H and O–H groups in total. The molecular weight excluding hydrogens is 184 g/mol. The molecule has 1 rings (SSSR count). The van der Waals surface area contributed by atoms with E-state index < -0.39 is 12.1 Å². The second kappa shape index (κ2) is 5.01. The molecule has 0 saturated carbocycles. The van der Waals surface area contributed by atoms with Gasteiger partial charge in [0.15, 0.2) is 0 Å². The molecule has 4 nitrogen and oxygen atoms in total. The molecule has 0 fully saturated rings. The Morgan fingerprint density at radius 1 is 1.43 bits per heavy atom. The van der Waals surface area contributed by atoms with E-state index in [9.17, 15) is 9.59 Å². The standard InChI is InChI=1S/C10H10O4/c11-6-9(7-14-10(12)13)8-4-2-1-3-5-8/h1-6,9H,7H2,(H,12,13). The zero-order valence-electron chi connectivity index (χ0n) is 7.42. The van der Waals surface area contributed by atoms with Crippen molar-refractivity contribution in [3.63, 3.8) is 0 Å². The lowest BCUT2D eigenvalue weighted by atomic mass is 10.0. The van der Waals surface area contributed by atoms with Crippen molar-refractivity contribution in [1.82, 2.24) is 0 Å². The van der Waals surface area contributed by atoms with Crippen molar-refractivity contribution in [3.8, 4) is 0 Å². The summed E-state index contributed by atoms with van der Waals surface area (Å²) in [6, 6.07) is 8.90. The number of rotatable bonds is 4. The van der Waals surface area contributed by atoms with Gasteiger partial charge in [-0.3, -0.25) is 0 Å². The molecule has 0 saturated heterocycles. The highest BCUT2D eigenvalue weighted by molar-refractivity contribution is 5.63. The first-order valence-corrected chi connectivity index (χ1v) is 4.10. The van der Waals surface area contributed by atoms with Crippen LogP contribution in [0.25, 0.3) is 0 Å². The van der Waals surface area contributed by atoms with Crippen LogP contribution in [0.4, 0.5) is 4.79 Å². The normalized spacial score (nSPS) is 11.7. The van der Waals surface area contributed by atoms with E-state index >= 15 is 0 Å². The highest BCUT2D eigenvalue weighted by Gasteiger charge is 2.11. The van der Waals surface area contributed by atoms with Crippen LogP contribution < -0.4 is 0 Å². The van der Waals surface area contributed by atoms with Crippen LogP contribution in [-0.2, 0) is 9.53 Å². The van der Waals surface area contributed by atoms with E-state index in [4.69, 9.17) is 5.11 Å². The molecule has 1 aromatic carbocycles. The molecular formula is C10H10O4. The van der Waals surface area contributed by atoms with Crippen molar-refractivity contribution in [2.45, 2.75) is 5.92 Å². The first kappa shape index (κ1) is 10.2. The zero-order valence-corrected chi connectivity index (χ0v) is 7.42. The fourth-order valence-corrected chi connectivity index (χ4v) is 1.08. The summed E-state index contributed by atoms with van der Waals surface area (Å²) in [7, 11) is 0. The summed E-state index contributed by atoms with van der Waals surface area (Å²) >= 11 is 0. The van der Waals surface area contributed by atoms with Gasteiger partial charge >= 0.3 is 6.16 Å². The van der Waals surface area contributed by atoms with Crippen LogP contribution in [0.5, 0.6) is 0 Å². The molecule has 0 aliphatic carbocycles. The molecule has 0 aliphatic heterocycles. The van der Waals surface area contributed by atoms with Gasteiger partial charge in [-0.2, -0.15) is 0 Å². The lowest BCUT2D eigenvalue weighted by molar-refractivity contribution is -0.109. The number of hydrogen-bond donors (Lipinski definition) is 1. The van der Waals surface area contributed by atoms with Crippen LogP contribution in [0.2, 0.25) is 0 Å². The highest BCUT2D eigenvalue weighted by Crippen LogP contribution is 2.12. The van der Waals surface area contributed by atoms with Gasteiger partial charge in [-0.1, -0.05) is 30.3 Å². The van der Waals surface area contributed by atoms with Gasteiger partial charge in [0.25, 0.3) is 0 Å². The number of carboxylic acid groups (broad SMARTS) is 1. The minimum Gasteiger partial charge on any atom is -0.450 e. The minimum atomic E-state index is -1.37. The van der Waals surface area contributed by atoms with Crippen molar-refractivity contribution in [2.75, 3.05) is 6.61 Å². The summed E-state index contributed by atoms with van der Waals surface area (Å²) in [5, 5.41) is 8.27. The quantitative estimate of drug-likeness (QED) is 0.584. The lowest BCUT2D eigenvalue weighted by Crippen LogP contribution is -2.12. The monoisotopic (exact) mass is 194 g/mol. The lowest BCUT2D eigenvalue weighted by Gasteiger charge is -2.08. The fraction of sp³-hybridized carbons (Fsp3) is 0.200. The van der Waals surface area contributed by atoms with Gasteiger partial charge in [-0.15, -0.1) is 0 Å². The third-order valence-corrected chi connectivity index (χ3v) is 1.78. The Morgan fingerprint density at radius 3 is 2.57 bits per heavy atom. The Hall–Kier alpha value is -1.84. The topological polar surface area (TPSA) is 63.6 Å². The first-order chi connectivity index (χ1) is 6.74. The Bertz CT molecular complexity index is 307. The summed E-state index contributed by atoms with van der Waals surface area (Å²) in [6.45, 7) is -0.136. The Kier molecular flexibility index (Phi) is 3.67. The molecule has 74 valence electrons. The van der Waals surface area contributed by atoms with E-state index in [1.54, 1.807) is 24.3 Å². The Balaban J connectivity index is 2.63. The van der Waals surface area contributed by atoms with Gasteiger partial charge in [-0.05, 0) is 5.56 Å². The number of hydrogen-bond acceptors (Lipinski definition) is 3. The molecule has 4 heteroatoms. The number of carbonyl (C=O) groups is 2. The summed E-state index contributed by atoms with van der Waals surface area (Å²) in [5.41, 5.74) is 0.753. The molecule has 0 spiro atoms. The van der Waals surface area contributed by atoms with Gasteiger partial charge in [0.2, 0.25) is 0 Å². The molecule has 0 heterocycles. The summed E-state index contributed by atoms with van der Waals surface area (Å²) in [6.07, 6.45) is -0.689. The van der Waals surface area contributed by atoms with E-state index in [1.165, 1.54) is 0 Å². The second-order valence-corrected chi connectivity index (χ2v) is 2.73. The SMILES string of the molecule is O=CC(COC(=O)O)c1ccccc1. The van der Waals surface area contributed by atoms with Crippen LogP contribution in [0.1, 0.15) is 11.5 Å². The van der Waals surface area contributed by atoms with Gasteiger partial charge in [0.1, 0.15) is 12.9 Å². The first-order valence-electron chi connectivity index (χ1n) is 4.10. The smallest absolute Gasteiger partial charge is 0.450 e. The molecule has 0 radical (unpaired) electrons. The van der Waals surface area contributed by atoms with Crippen LogP contribution >= 0.6 is 0 Å². The van der Waals surface area contributed by atoms with Gasteiger partial charge in [-0.25, -0.2) is 4.79 Å². The third kappa shape index (κ3) is 2.90. The van der Waals surface area contributed by atoms with Crippen molar-refractivity contribution >= 4 is 12.4 Å². The van der Waals surface area contributed by atoms with E-state index in [1.807, 2.05) is 6.07 Å². The zero-order chi connectivity index (χ0) is 10.4. The van der Waals surface area contributed by atoms with E-state index in [0.717, 1.165) is 5.56 Å². The largest absolute Gasteiger partial charge is 0.505 e. The van der Waals surface area contributed by atoms with E-state index in [2.05, 4.69) is 4.74 Å². The van der Waals surface area contributed by atoms with Crippen LogP contribution in [0.3, 0.4) is 0 Å². The van der Waals surface area contributed by atoms with Crippen molar-refractivity contribution < 1.29 is 19.4 Å². The number of benzene rings is 1. The number of ether oxygens (including phenoxy) is 1. The molecule has 1 aromatic rings. The molecule has 0 aliphatic rings. The average Bonchev–Trinajstić information content (AvgIpc) is 2.20. The van der Waals surface area contributed by atoms with Gasteiger partial charge in [0, 0.05) is 0 Å². The van der Waals surface area contributed by atoms with E-state index in [-0.39, 0.29) is 6.61 Å². The van der Waals surface area contributed by atoms with Crippen LogP contribution in [0, 0.1) is 0 Å². The van der Waals surface area contributed by atoms with Gasteiger partial charge in [0.05, 0.1) is 5.92 Å². The molecule has 0 bridgehead atoms. The summed E-state index contributed by atoms with van der Waals surface area (Å²) < 4.78 is 4.33. The highest BCUT2D eigenvalue weighted by atomic mass is 16.7. The molecule has 14 heavy (non-hydrogen) atoms. The summed E-state index contributed by atoms with van der Waals surface area (Å²) in [4.78, 5) is 20.8. The number of aldehydes is 1. The number of carbonyl (C=O) groups excluding carboxylic acids is 1. The second-order valence-electron chi connectivity index (χ2n) is 2.73. The maximum Gasteiger partial charge on any atom is 0.505 e. The van der Waals surface area contributed by atoms with Crippen molar-refractivity contribution in [1.29, 1.82) is 0 Å². The maximum absolute atomic E-state index is 10.6. The fourth-order valence-electron chi connectivity index (χ4n) is 1.08. The third-order valence-electron chi connectivity index (χ3n) is 1.78. The predicted molar refractivity (Wildman–Crippen MR) is 49.2 cm³/mol. The van der Waals surface area contributed by atoms with E-state index in [0.29, 0.717) is 6.29 Å². The predicted octanol–water partition coefficient (Wildman–Crippen LogP) is 1.66. The molecule has 1 atom stereocenters. The van der Waals surface area contributed by atoms with Crippen LogP contribution in [-0.4, -0.2) is 24.2 Å². The molecule has 0 amide bonds.